The highest BCUT2D eigenvalue weighted by molar-refractivity contribution is 5.26. The molecule has 1 rings (SSSR count). The molecule has 0 saturated heterocycles. The lowest BCUT2D eigenvalue weighted by atomic mass is 10.0. The molecule has 92 valence electrons. The maximum atomic E-state index is 9.85. The van der Waals surface area contributed by atoms with Crippen LogP contribution in [-0.2, 0) is 6.54 Å². The van der Waals surface area contributed by atoms with Gasteiger partial charge < -0.3 is 15.5 Å². The first kappa shape index (κ1) is 13.7. The molecule has 0 aliphatic rings. The average Bonchev–Trinajstić information content (AvgIpc) is 2.36. The minimum atomic E-state index is -1.03. The first-order valence-corrected chi connectivity index (χ1v) is 5.71. The fourth-order valence-electron chi connectivity index (χ4n) is 1.58. The number of hydrogen-bond donors (Lipinski definition) is 3. The van der Waals surface area contributed by atoms with Crippen LogP contribution in [0.1, 0.15) is 30.6 Å². The van der Waals surface area contributed by atoms with Crippen molar-refractivity contribution in [2.45, 2.75) is 32.1 Å². The summed E-state index contributed by atoms with van der Waals surface area (Å²) in [5, 5.41) is 31.1. The Kier molecular flexibility index (Phi) is 5.64. The smallest absolute Gasteiger partial charge is 0.106 e. The number of nitrogens with one attached hydrogen (secondary N) is 1. The van der Waals surface area contributed by atoms with Crippen molar-refractivity contribution in [2.24, 2.45) is 0 Å². The van der Waals surface area contributed by atoms with Gasteiger partial charge in [-0.25, -0.2) is 0 Å². The molecule has 0 fully saturated rings. The Hall–Kier alpha value is -1.41. The number of hydrogen-bond acceptors (Lipinski definition) is 4. The molecule has 2 unspecified atom stereocenters. The highest BCUT2D eigenvalue weighted by Crippen LogP contribution is 2.19. The SMILES string of the molecule is CCNCc1cccc(C(O)C(O)CC#N)c1. The van der Waals surface area contributed by atoms with Gasteiger partial charge in [0.15, 0.2) is 0 Å². The first-order chi connectivity index (χ1) is 8.19. The third-order valence-electron chi connectivity index (χ3n) is 2.54. The van der Waals surface area contributed by atoms with Crippen LogP contribution in [-0.4, -0.2) is 22.9 Å². The van der Waals surface area contributed by atoms with E-state index in [1.54, 1.807) is 6.07 Å². The number of aliphatic hydroxyl groups is 2. The predicted octanol–water partition coefficient (Wildman–Crippen LogP) is 1.10. The average molecular weight is 234 g/mol. The molecular weight excluding hydrogens is 216 g/mol. The van der Waals surface area contributed by atoms with Crippen molar-refractivity contribution in [2.75, 3.05) is 6.54 Å². The summed E-state index contributed by atoms with van der Waals surface area (Å²) in [4.78, 5) is 0. The number of aliphatic hydroxyl groups excluding tert-OH is 2. The molecule has 0 aliphatic heterocycles. The van der Waals surface area contributed by atoms with Crippen LogP contribution in [0.5, 0.6) is 0 Å². The zero-order chi connectivity index (χ0) is 12.7. The molecule has 4 nitrogen and oxygen atoms in total. The molecule has 0 aromatic heterocycles. The molecule has 1 aromatic rings. The summed E-state index contributed by atoms with van der Waals surface area (Å²) in [5.74, 6) is 0. The van der Waals surface area contributed by atoms with Crippen LogP contribution in [0.3, 0.4) is 0 Å². The lowest BCUT2D eigenvalue weighted by Gasteiger charge is -2.16. The van der Waals surface area contributed by atoms with E-state index < -0.39 is 12.2 Å². The Bertz CT molecular complexity index is 387. The van der Waals surface area contributed by atoms with Crippen molar-refractivity contribution in [1.82, 2.24) is 5.32 Å². The minimum absolute atomic E-state index is 0.0708. The van der Waals surface area contributed by atoms with Gasteiger partial charge in [-0.1, -0.05) is 31.2 Å². The van der Waals surface area contributed by atoms with E-state index in [0.29, 0.717) is 5.56 Å². The summed E-state index contributed by atoms with van der Waals surface area (Å²) in [6, 6.07) is 9.23. The highest BCUT2D eigenvalue weighted by Gasteiger charge is 2.17. The van der Waals surface area contributed by atoms with Crippen LogP contribution in [0, 0.1) is 11.3 Å². The van der Waals surface area contributed by atoms with Gasteiger partial charge in [0.25, 0.3) is 0 Å². The Morgan fingerprint density at radius 3 is 2.82 bits per heavy atom. The lowest BCUT2D eigenvalue weighted by Crippen LogP contribution is -2.18. The molecular formula is C13H18N2O2. The molecule has 3 N–H and O–H groups in total. The molecule has 0 amide bonds. The number of rotatable bonds is 6. The van der Waals surface area contributed by atoms with Crippen molar-refractivity contribution >= 4 is 0 Å². The van der Waals surface area contributed by atoms with Crippen molar-refractivity contribution in [3.05, 3.63) is 35.4 Å². The summed E-state index contributed by atoms with van der Waals surface area (Å²) in [5.41, 5.74) is 1.69. The summed E-state index contributed by atoms with van der Waals surface area (Å²) < 4.78 is 0. The molecule has 0 aliphatic carbocycles. The number of benzene rings is 1. The van der Waals surface area contributed by atoms with Crippen LogP contribution in [0.2, 0.25) is 0 Å². The van der Waals surface area contributed by atoms with E-state index in [-0.39, 0.29) is 6.42 Å². The first-order valence-electron chi connectivity index (χ1n) is 5.71. The van der Waals surface area contributed by atoms with Crippen molar-refractivity contribution < 1.29 is 10.2 Å². The van der Waals surface area contributed by atoms with Gasteiger partial charge in [-0.2, -0.15) is 5.26 Å². The summed E-state index contributed by atoms with van der Waals surface area (Å²) in [6.07, 6.45) is -2.11. The number of nitriles is 1. The van der Waals surface area contributed by atoms with E-state index in [1.807, 2.05) is 31.2 Å². The van der Waals surface area contributed by atoms with Gasteiger partial charge in [-0.05, 0) is 17.7 Å². The van der Waals surface area contributed by atoms with E-state index in [0.717, 1.165) is 18.7 Å². The third-order valence-corrected chi connectivity index (χ3v) is 2.54. The monoisotopic (exact) mass is 234 g/mol. The normalized spacial score (nSPS) is 14.0. The van der Waals surface area contributed by atoms with Gasteiger partial charge in [0.1, 0.15) is 6.10 Å². The van der Waals surface area contributed by atoms with E-state index >= 15 is 0 Å². The number of nitrogens with zero attached hydrogens (tertiary/aromatic N) is 1. The van der Waals surface area contributed by atoms with Gasteiger partial charge in [0.2, 0.25) is 0 Å². The van der Waals surface area contributed by atoms with E-state index in [1.165, 1.54) is 0 Å². The van der Waals surface area contributed by atoms with Crippen LogP contribution in [0.25, 0.3) is 0 Å². The minimum Gasteiger partial charge on any atom is -0.389 e. The van der Waals surface area contributed by atoms with Gasteiger partial charge >= 0.3 is 0 Å². The molecule has 0 heterocycles. The Labute approximate surface area is 102 Å². The molecule has 0 radical (unpaired) electrons. The fraction of sp³-hybridized carbons (Fsp3) is 0.462. The predicted molar refractivity (Wildman–Crippen MR) is 65.0 cm³/mol. The molecule has 0 bridgehead atoms. The Balaban J connectivity index is 2.73. The zero-order valence-electron chi connectivity index (χ0n) is 9.93. The van der Waals surface area contributed by atoms with Crippen LogP contribution in [0.4, 0.5) is 0 Å². The molecule has 4 heteroatoms. The second-order valence-corrected chi connectivity index (χ2v) is 3.90. The lowest BCUT2D eigenvalue weighted by molar-refractivity contribution is 0.0216. The molecule has 2 atom stereocenters. The molecule has 0 spiro atoms. The van der Waals surface area contributed by atoms with Gasteiger partial charge in [0, 0.05) is 6.54 Å². The Morgan fingerprint density at radius 2 is 2.18 bits per heavy atom. The summed E-state index contributed by atoms with van der Waals surface area (Å²) in [7, 11) is 0. The van der Waals surface area contributed by atoms with Crippen molar-refractivity contribution in [3.63, 3.8) is 0 Å². The summed E-state index contributed by atoms with van der Waals surface area (Å²) in [6.45, 7) is 3.63. The van der Waals surface area contributed by atoms with Gasteiger partial charge in [-0.3, -0.25) is 0 Å². The van der Waals surface area contributed by atoms with Crippen LogP contribution < -0.4 is 5.32 Å². The van der Waals surface area contributed by atoms with Crippen molar-refractivity contribution in [3.8, 4) is 6.07 Å². The second-order valence-electron chi connectivity index (χ2n) is 3.90. The Morgan fingerprint density at radius 1 is 1.41 bits per heavy atom. The maximum absolute atomic E-state index is 9.85. The third kappa shape index (κ3) is 4.16. The largest absolute Gasteiger partial charge is 0.389 e. The standard InChI is InChI=1S/C13H18N2O2/c1-2-15-9-10-4-3-5-11(8-10)13(17)12(16)6-7-14/h3-5,8,12-13,15-17H,2,6,9H2,1H3. The molecule has 1 aromatic carbocycles. The second kappa shape index (κ2) is 7.02. The highest BCUT2D eigenvalue weighted by atomic mass is 16.3. The zero-order valence-corrected chi connectivity index (χ0v) is 9.93. The fourth-order valence-corrected chi connectivity index (χ4v) is 1.58. The quantitative estimate of drug-likeness (QED) is 0.689. The van der Waals surface area contributed by atoms with Crippen LogP contribution >= 0.6 is 0 Å². The van der Waals surface area contributed by atoms with Crippen molar-refractivity contribution in [1.29, 1.82) is 5.26 Å². The van der Waals surface area contributed by atoms with Gasteiger partial charge in [-0.15, -0.1) is 0 Å². The molecule has 0 saturated carbocycles. The van der Waals surface area contributed by atoms with Gasteiger partial charge in [0.05, 0.1) is 18.6 Å². The molecule has 17 heavy (non-hydrogen) atoms. The van der Waals surface area contributed by atoms with E-state index in [9.17, 15) is 10.2 Å². The van der Waals surface area contributed by atoms with Crippen LogP contribution in [0.15, 0.2) is 24.3 Å². The summed E-state index contributed by atoms with van der Waals surface area (Å²) >= 11 is 0. The van der Waals surface area contributed by atoms with E-state index in [2.05, 4.69) is 5.32 Å². The van der Waals surface area contributed by atoms with E-state index in [4.69, 9.17) is 5.26 Å². The topological polar surface area (TPSA) is 76.3 Å². The maximum Gasteiger partial charge on any atom is 0.106 e.